The van der Waals surface area contributed by atoms with Crippen LogP contribution >= 0.6 is 0 Å². The topological polar surface area (TPSA) is 108 Å². The van der Waals surface area contributed by atoms with E-state index in [0.29, 0.717) is 0 Å². The van der Waals surface area contributed by atoms with E-state index >= 15 is 0 Å². The van der Waals surface area contributed by atoms with Gasteiger partial charge in [0, 0.05) is 18.3 Å². The molecule has 11 heavy (non-hydrogen) atoms. The minimum Gasteiger partial charge on any atom is -0.550 e. The number of hydrogen-bond acceptors (Lipinski definition) is 4. The smallest absolute Gasteiger partial charge is 0.125 e. The molecule has 0 aliphatic rings. The normalized spacial score (nSPS) is 15.5. The van der Waals surface area contributed by atoms with Crippen LogP contribution in [0, 0.1) is 5.92 Å². The van der Waals surface area contributed by atoms with Gasteiger partial charge in [0.1, 0.15) is 6.04 Å². The van der Waals surface area contributed by atoms with Crippen LogP contribution in [0.1, 0.15) is 13.3 Å². The van der Waals surface area contributed by atoms with Gasteiger partial charge in [-0.1, -0.05) is 6.92 Å². The van der Waals surface area contributed by atoms with Gasteiger partial charge in [0.2, 0.25) is 0 Å². The van der Waals surface area contributed by atoms with Gasteiger partial charge in [-0.2, -0.15) is 0 Å². The van der Waals surface area contributed by atoms with Crippen LogP contribution in [0.4, 0.5) is 0 Å². The van der Waals surface area contributed by atoms with Gasteiger partial charge in [-0.15, -0.1) is 0 Å². The zero-order valence-corrected chi connectivity index (χ0v) is 6.20. The molecule has 0 rings (SSSR count). The third-order valence-corrected chi connectivity index (χ3v) is 1.37. The Hall–Kier alpha value is -1.10. The first-order chi connectivity index (χ1) is 4.95. The highest BCUT2D eigenvalue weighted by Crippen LogP contribution is 2.00. The second-order valence-corrected chi connectivity index (χ2v) is 2.47. The van der Waals surface area contributed by atoms with E-state index in [2.05, 4.69) is 5.73 Å². The third-order valence-electron chi connectivity index (χ3n) is 1.37. The van der Waals surface area contributed by atoms with Gasteiger partial charge >= 0.3 is 0 Å². The summed E-state index contributed by atoms with van der Waals surface area (Å²) in [5.41, 5.74) is 3.21. The Kier molecular flexibility index (Phi) is 3.53. The van der Waals surface area contributed by atoms with E-state index in [1.807, 2.05) is 0 Å². The lowest BCUT2D eigenvalue weighted by molar-refractivity contribution is -0.440. The van der Waals surface area contributed by atoms with Crippen LogP contribution in [-0.4, -0.2) is 18.0 Å². The summed E-state index contributed by atoms with van der Waals surface area (Å²) in [6.07, 6.45) is -0.0509. The predicted octanol–water partition coefficient (Wildman–Crippen LogP) is -3.88. The van der Waals surface area contributed by atoms with E-state index in [4.69, 9.17) is 0 Å². The molecule has 5 heteroatoms. The molecule has 0 radical (unpaired) electrons. The summed E-state index contributed by atoms with van der Waals surface area (Å²) < 4.78 is 0. The van der Waals surface area contributed by atoms with Gasteiger partial charge in [0.25, 0.3) is 0 Å². The van der Waals surface area contributed by atoms with Crippen molar-refractivity contribution in [3.05, 3.63) is 0 Å². The summed E-state index contributed by atoms with van der Waals surface area (Å²) >= 11 is 0. The maximum atomic E-state index is 10.1. The van der Waals surface area contributed by atoms with E-state index in [1.54, 1.807) is 0 Å². The molecule has 5 nitrogen and oxygen atoms in total. The molecule has 0 fully saturated rings. The van der Waals surface area contributed by atoms with E-state index < -0.39 is 23.9 Å². The fourth-order valence-corrected chi connectivity index (χ4v) is 0.619. The zero-order valence-electron chi connectivity index (χ0n) is 6.20. The minimum absolute atomic E-state index is 0.0509. The predicted molar refractivity (Wildman–Crippen MR) is 30.5 cm³/mol. The number of carboxylic acid groups (broad SMARTS) is 2. The molecule has 0 saturated carbocycles. The summed E-state index contributed by atoms with van der Waals surface area (Å²) in [7, 11) is 0. The highest BCUT2D eigenvalue weighted by Gasteiger charge is 2.13. The quantitative estimate of drug-likeness (QED) is 0.453. The van der Waals surface area contributed by atoms with Crippen molar-refractivity contribution in [3.63, 3.8) is 0 Å². The average molecular weight is 160 g/mol. The van der Waals surface area contributed by atoms with Crippen LogP contribution in [0.3, 0.4) is 0 Å². The molecule has 0 bridgehead atoms. The summed E-state index contributed by atoms with van der Waals surface area (Å²) in [5.74, 6) is -3.39. The Bertz CT molecular complexity index is 150. The molecule has 2 atom stereocenters. The van der Waals surface area contributed by atoms with Gasteiger partial charge in [-0.3, -0.25) is 0 Å². The number of carbonyl (C=O) groups is 2. The lowest BCUT2D eigenvalue weighted by Gasteiger charge is -2.15. The molecule has 0 spiro atoms. The first kappa shape index (κ1) is 9.90. The minimum atomic E-state index is -1.34. The number of quaternary nitrogens is 1. The van der Waals surface area contributed by atoms with Crippen LogP contribution in [-0.2, 0) is 9.59 Å². The van der Waals surface area contributed by atoms with Crippen molar-refractivity contribution < 1.29 is 25.5 Å². The van der Waals surface area contributed by atoms with Gasteiger partial charge in [-0.25, -0.2) is 0 Å². The molecule has 0 unspecified atom stereocenters. The summed E-state index contributed by atoms with van der Waals surface area (Å²) in [6.45, 7) is 1.37. The van der Waals surface area contributed by atoms with Crippen molar-refractivity contribution >= 4 is 11.9 Å². The van der Waals surface area contributed by atoms with Crippen molar-refractivity contribution in [2.45, 2.75) is 19.4 Å². The van der Waals surface area contributed by atoms with Gasteiger partial charge in [0.15, 0.2) is 0 Å². The first-order valence-electron chi connectivity index (χ1n) is 3.20. The van der Waals surface area contributed by atoms with Crippen LogP contribution in [0.5, 0.6) is 0 Å². The molecular weight excluding hydrogens is 150 g/mol. The van der Waals surface area contributed by atoms with Crippen molar-refractivity contribution in [1.82, 2.24) is 0 Å². The van der Waals surface area contributed by atoms with E-state index in [1.165, 1.54) is 6.92 Å². The number of carbonyl (C=O) groups excluding carboxylic acids is 2. The Morgan fingerprint density at radius 1 is 1.36 bits per heavy atom. The second kappa shape index (κ2) is 3.92. The fourth-order valence-electron chi connectivity index (χ4n) is 0.619. The van der Waals surface area contributed by atoms with Crippen molar-refractivity contribution in [1.29, 1.82) is 0 Å². The molecule has 3 N–H and O–H groups in total. The van der Waals surface area contributed by atoms with E-state index in [0.717, 1.165) is 0 Å². The largest absolute Gasteiger partial charge is 0.550 e. The van der Waals surface area contributed by atoms with Crippen molar-refractivity contribution in [3.8, 4) is 0 Å². The van der Waals surface area contributed by atoms with Crippen LogP contribution in [0.15, 0.2) is 0 Å². The summed E-state index contributed by atoms with van der Waals surface area (Å²) in [4.78, 5) is 20.2. The zero-order chi connectivity index (χ0) is 9.02. The van der Waals surface area contributed by atoms with E-state index in [-0.39, 0.29) is 6.42 Å². The van der Waals surface area contributed by atoms with Crippen molar-refractivity contribution in [2.75, 3.05) is 0 Å². The standard InChI is InChI=1S/C6H11NO4/c1-3(5(8)9)2-4(7)6(10)11/h3-4H,2,7H2,1H3,(H,8,9)(H,10,11)/p-1/t3-,4+/m1/s1. The average Bonchev–Trinajstić information content (AvgIpc) is 1.87. The molecule has 0 aromatic carbocycles. The monoisotopic (exact) mass is 160 g/mol. The molecule has 0 heterocycles. The molecule has 0 aromatic rings. The number of rotatable bonds is 4. The molecule has 64 valence electrons. The second-order valence-electron chi connectivity index (χ2n) is 2.47. The molecule has 0 amide bonds. The number of hydrogen-bond donors (Lipinski definition) is 1. The molecule has 0 aliphatic heterocycles. The number of carboxylic acids is 2. The van der Waals surface area contributed by atoms with E-state index in [9.17, 15) is 19.8 Å². The summed E-state index contributed by atoms with van der Waals surface area (Å²) in [5, 5.41) is 20.2. The Balaban J connectivity index is 3.84. The Labute approximate surface area is 63.8 Å². The van der Waals surface area contributed by atoms with Gasteiger partial charge < -0.3 is 25.5 Å². The lowest BCUT2D eigenvalue weighted by Crippen LogP contribution is -2.69. The summed E-state index contributed by atoms with van der Waals surface area (Å²) in [6, 6.07) is -0.983. The maximum Gasteiger partial charge on any atom is 0.125 e. The van der Waals surface area contributed by atoms with Gasteiger partial charge in [0.05, 0.1) is 5.97 Å². The first-order valence-corrected chi connectivity index (χ1v) is 3.20. The lowest BCUT2D eigenvalue weighted by atomic mass is 10.0. The van der Waals surface area contributed by atoms with Crippen molar-refractivity contribution in [2.24, 2.45) is 5.92 Å². The molecular formula is C6H10NO4-. The highest BCUT2D eigenvalue weighted by molar-refractivity contribution is 5.72. The SMILES string of the molecule is C[C@H](C[C@H]([NH3+])C(=O)[O-])C(=O)[O-]. The highest BCUT2D eigenvalue weighted by atomic mass is 16.4. The molecule has 0 aromatic heterocycles. The molecule has 0 aliphatic carbocycles. The Morgan fingerprint density at radius 2 is 1.82 bits per heavy atom. The van der Waals surface area contributed by atoms with Crippen LogP contribution in [0.25, 0.3) is 0 Å². The Morgan fingerprint density at radius 3 is 2.09 bits per heavy atom. The van der Waals surface area contributed by atoms with Crippen LogP contribution < -0.4 is 15.9 Å². The fraction of sp³-hybridized carbons (Fsp3) is 0.667. The third kappa shape index (κ3) is 3.57. The number of aliphatic carboxylic acids is 2. The van der Waals surface area contributed by atoms with Gasteiger partial charge in [-0.05, 0) is 0 Å². The maximum absolute atomic E-state index is 10.1. The molecule has 0 saturated heterocycles. The van der Waals surface area contributed by atoms with Crippen LogP contribution in [0.2, 0.25) is 0 Å².